The Morgan fingerprint density at radius 2 is 2.15 bits per heavy atom. The smallest absolute Gasteiger partial charge is 0.270 e. The van der Waals surface area contributed by atoms with Crippen molar-refractivity contribution in [3.8, 4) is 0 Å². The third-order valence-electron chi connectivity index (χ3n) is 1.47. The standard InChI is InChI=1S/C7H7IN2O2.ClH/c8-7-3-6(10(11)12)2-1-5(7)4-9;/h1-3H,4,9H2;1H. The minimum absolute atomic E-state index is 0. The van der Waals surface area contributed by atoms with Gasteiger partial charge in [0.2, 0.25) is 0 Å². The van der Waals surface area contributed by atoms with E-state index in [1.165, 1.54) is 12.1 Å². The fourth-order valence-corrected chi connectivity index (χ4v) is 1.53. The zero-order valence-corrected chi connectivity index (χ0v) is 9.54. The van der Waals surface area contributed by atoms with Gasteiger partial charge in [-0.05, 0) is 34.2 Å². The van der Waals surface area contributed by atoms with E-state index in [0.29, 0.717) is 6.54 Å². The van der Waals surface area contributed by atoms with Crippen LogP contribution in [0.15, 0.2) is 18.2 Å². The van der Waals surface area contributed by atoms with Crippen molar-refractivity contribution >= 4 is 40.7 Å². The Balaban J connectivity index is 0.00000144. The second-order valence-corrected chi connectivity index (χ2v) is 3.40. The van der Waals surface area contributed by atoms with Gasteiger partial charge in [0.25, 0.3) is 5.69 Å². The summed E-state index contributed by atoms with van der Waals surface area (Å²) in [6.45, 7) is 0.413. The Morgan fingerprint density at radius 3 is 2.54 bits per heavy atom. The third kappa shape index (κ3) is 3.09. The molecule has 1 aromatic carbocycles. The molecule has 0 heterocycles. The second kappa shape index (κ2) is 5.36. The normalized spacial score (nSPS) is 9.08. The maximum absolute atomic E-state index is 10.3. The summed E-state index contributed by atoms with van der Waals surface area (Å²) < 4.78 is 0.837. The van der Waals surface area contributed by atoms with Crippen LogP contribution in [0.4, 0.5) is 5.69 Å². The largest absolute Gasteiger partial charge is 0.326 e. The lowest BCUT2D eigenvalue weighted by molar-refractivity contribution is -0.385. The molecule has 4 nitrogen and oxygen atoms in total. The molecule has 0 saturated heterocycles. The molecule has 2 N–H and O–H groups in total. The fourth-order valence-electron chi connectivity index (χ4n) is 0.815. The van der Waals surface area contributed by atoms with Crippen molar-refractivity contribution in [2.24, 2.45) is 5.73 Å². The highest BCUT2D eigenvalue weighted by atomic mass is 127. The van der Waals surface area contributed by atoms with E-state index in [2.05, 4.69) is 0 Å². The number of rotatable bonds is 2. The summed E-state index contributed by atoms with van der Waals surface area (Å²) in [4.78, 5) is 9.91. The van der Waals surface area contributed by atoms with Crippen LogP contribution >= 0.6 is 35.0 Å². The van der Waals surface area contributed by atoms with Gasteiger partial charge < -0.3 is 5.73 Å². The summed E-state index contributed by atoms with van der Waals surface area (Å²) in [6, 6.07) is 4.66. The molecule has 1 rings (SSSR count). The minimum atomic E-state index is -0.414. The van der Waals surface area contributed by atoms with Crippen molar-refractivity contribution in [1.29, 1.82) is 0 Å². The number of hydrogen-bond acceptors (Lipinski definition) is 3. The number of nitro groups is 1. The number of benzene rings is 1. The van der Waals surface area contributed by atoms with Gasteiger partial charge in [-0.2, -0.15) is 0 Å². The summed E-state index contributed by atoms with van der Waals surface area (Å²) in [5, 5.41) is 10.3. The maximum atomic E-state index is 10.3. The molecule has 0 spiro atoms. The van der Waals surface area contributed by atoms with Gasteiger partial charge in [-0.1, -0.05) is 0 Å². The van der Waals surface area contributed by atoms with Gasteiger partial charge >= 0.3 is 0 Å². The molecule has 0 bridgehead atoms. The Bertz CT molecular complexity index is 319. The highest BCUT2D eigenvalue weighted by Crippen LogP contribution is 2.18. The molecule has 1 aromatic rings. The molecule has 0 aromatic heterocycles. The van der Waals surface area contributed by atoms with Crippen LogP contribution in [0.1, 0.15) is 5.56 Å². The summed E-state index contributed by atoms with van der Waals surface area (Å²) in [5.74, 6) is 0. The highest BCUT2D eigenvalue weighted by molar-refractivity contribution is 14.1. The summed E-state index contributed by atoms with van der Waals surface area (Å²) in [5.41, 5.74) is 6.44. The predicted octanol–water partition coefficient (Wildman–Crippen LogP) is 2.08. The molecule has 0 saturated carbocycles. The van der Waals surface area contributed by atoms with Crippen LogP contribution in [0.2, 0.25) is 0 Å². The first-order valence-corrected chi connectivity index (χ1v) is 4.36. The summed E-state index contributed by atoms with van der Waals surface area (Å²) in [6.07, 6.45) is 0. The topological polar surface area (TPSA) is 69.2 Å². The van der Waals surface area contributed by atoms with Gasteiger partial charge in [-0.25, -0.2) is 0 Å². The second-order valence-electron chi connectivity index (χ2n) is 2.24. The first-order valence-electron chi connectivity index (χ1n) is 3.28. The minimum Gasteiger partial charge on any atom is -0.326 e. The Kier molecular flexibility index (Phi) is 5.19. The molecule has 0 unspecified atom stereocenters. The molecule has 0 aliphatic carbocycles. The van der Waals surface area contributed by atoms with E-state index in [1.807, 2.05) is 22.6 Å². The van der Waals surface area contributed by atoms with Crippen LogP contribution in [-0.4, -0.2) is 4.92 Å². The first-order chi connectivity index (χ1) is 5.65. The van der Waals surface area contributed by atoms with Gasteiger partial charge in [0.1, 0.15) is 0 Å². The number of nitrogens with two attached hydrogens (primary N) is 1. The molecule has 72 valence electrons. The van der Waals surface area contributed by atoms with Crippen LogP contribution in [-0.2, 0) is 6.54 Å². The molecular weight excluding hydrogens is 306 g/mol. The van der Waals surface area contributed by atoms with Crippen molar-refractivity contribution in [2.45, 2.75) is 6.54 Å². The van der Waals surface area contributed by atoms with Crippen molar-refractivity contribution in [1.82, 2.24) is 0 Å². The zero-order valence-electron chi connectivity index (χ0n) is 6.57. The SMILES string of the molecule is Cl.NCc1ccc([N+](=O)[O-])cc1I. The van der Waals surface area contributed by atoms with Crippen LogP contribution < -0.4 is 5.73 Å². The molecule has 0 radical (unpaired) electrons. The average Bonchev–Trinajstić information content (AvgIpc) is 2.04. The first kappa shape index (κ1) is 12.6. The van der Waals surface area contributed by atoms with Gasteiger partial charge in [-0.3, -0.25) is 10.1 Å². The van der Waals surface area contributed by atoms with Gasteiger partial charge in [-0.15, -0.1) is 12.4 Å². The molecule has 0 fully saturated rings. The van der Waals surface area contributed by atoms with Crippen LogP contribution in [0.3, 0.4) is 0 Å². The molecule has 6 heteroatoms. The number of nitro benzene ring substituents is 1. The third-order valence-corrected chi connectivity index (χ3v) is 2.47. The Labute approximate surface area is 95.2 Å². The van der Waals surface area contributed by atoms with E-state index in [4.69, 9.17) is 5.73 Å². The van der Waals surface area contributed by atoms with Crippen molar-refractivity contribution < 1.29 is 4.92 Å². The fraction of sp³-hybridized carbons (Fsp3) is 0.143. The number of halogens is 2. The van der Waals surface area contributed by atoms with Crippen molar-refractivity contribution in [3.63, 3.8) is 0 Å². The van der Waals surface area contributed by atoms with Crippen LogP contribution in [0, 0.1) is 13.7 Å². The van der Waals surface area contributed by atoms with Gasteiger partial charge in [0.15, 0.2) is 0 Å². The van der Waals surface area contributed by atoms with E-state index in [1.54, 1.807) is 6.07 Å². The lowest BCUT2D eigenvalue weighted by atomic mass is 10.2. The predicted molar refractivity (Wildman–Crippen MR) is 61.0 cm³/mol. The monoisotopic (exact) mass is 314 g/mol. The molecule has 0 aliphatic rings. The van der Waals surface area contributed by atoms with Crippen molar-refractivity contribution in [2.75, 3.05) is 0 Å². The lowest BCUT2D eigenvalue weighted by Gasteiger charge is -1.99. The van der Waals surface area contributed by atoms with Crippen LogP contribution in [0.25, 0.3) is 0 Å². The van der Waals surface area contributed by atoms with E-state index in [0.717, 1.165) is 9.13 Å². The van der Waals surface area contributed by atoms with E-state index >= 15 is 0 Å². The molecular formula is C7H8ClIN2O2. The molecule has 0 aliphatic heterocycles. The van der Waals surface area contributed by atoms with E-state index < -0.39 is 4.92 Å². The zero-order chi connectivity index (χ0) is 9.14. The average molecular weight is 315 g/mol. The quantitative estimate of drug-likeness (QED) is 0.516. The number of non-ortho nitro benzene ring substituents is 1. The van der Waals surface area contributed by atoms with E-state index in [-0.39, 0.29) is 18.1 Å². The molecule has 0 atom stereocenters. The maximum Gasteiger partial charge on any atom is 0.270 e. The van der Waals surface area contributed by atoms with Gasteiger partial charge in [0, 0.05) is 22.2 Å². The van der Waals surface area contributed by atoms with Gasteiger partial charge in [0.05, 0.1) is 4.92 Å². The van der Waals surface area contributed by atoms with Crippen LogP contribution in [0.5, 0.6) is 0 Å². The summed E-state index contributed by atoms with van der Waals surface area (Å²) >= 11 is 2.03. The molecule has 0 amide bonds. The van der Waals surface area contributed by atoms with E-state index in [9.17, 15) is 10.1 Å². The number of nitrogens with zero attached hydrogens (tertiary/aromatic N) is 1. The molecule has 13 heavy (non-hydrogen) atoms. The highest BCUT2D eigenvalue weighted by Gasteiger charge is 2.07. The summed E-state index contributed by atoms with van der Waals surface area (Å²) in [7, 11) is 0. The Hall–Kier alpha value is -0.400. The number of hydrogen-bond donors (Lipinski definition) is 1. The van der Waals surface area contributed by atoms with Crippen molar-refractivity contribution in [3.05, 3.63) is 37.4 Å². The Morgan fingerprint density at radius 1 is 1.54 bits per heavy atom. The lowest BCUT2D eigenvalue weighted by Crippen LogP contribution is -1.99.